The summed E-state index contributed by atoms with van der Waals surface area (Å²) in [6.07, 6.45) is 3.12. The Hall–Kier alpha value is -1.36. The molecule has 2 aliphatic rings. The number of hydrogen-bond acceptors (Lipinski definition) is 4. The maximum atomic E-state index is 11.2. The van der Waals surface area contributed by atoms with Gasteiger partial charge in [0.1, 0.15) is 5.58 Å². The lowest BCUT2D eigenvalue weighted by Gasteiger charge is -2.50. The maximum Gasteiger partial charge on any atom is 0.134 e. The number of nitrogens with zero attached hydrogens (tertiary/aromatic N) is 1. The average molecular weight is 273 g/mol. The fourth-order valence-corrected chi connectivity index (χ4v) is 3.70. The number of rotatable bonds is 1. The van der Waals surface area contributed by atoms with E-state index < -0.39 is 5.60 Å². The van der Waals surface area contributed by atoms with Gasteiger partial charge in [0.25, 0.3) is 0 Å². The molecule has 1 N–H and O–H groups in total. The Balaban J connectivity index is 1.77. The first-order valence-electron chi connectivity index (χ1n) is 7.16. The number of furan rings is 1. The second-order valence-electron chi connectivity index (χ2n) is 6.10. The first-order chi connectivity index (χ1) is 9.67. The minimum absolute atomic E-state index is 0.279. The number of ether oxygens (including phenoxy) is 1. The summed E-state index contributed by atoms with van der Waals surface area (Å²) in [6, 6.07) is 8.47. The summed E-state index contributed by atoms with van der Waals surface area (Å²) in [5, 5.41) is 12.2. The molecular formula is C16H19NO3. The lowest BCUT2D eigenvalue weighted by molar-refractivity contribution is -0.137. The maximum absolute atomic E-state index is 11.2. The van der Waals surface area contributed by atoms with E-state index in [1.54, 1.807) is 6.26 Å². The fraction of sp³-hybridized carbons (Fsp3) is 0.500. The summed E-state index contributed by atoms with van der Waals surface area (Å²) < 4.78 is 11.2. The number of morpholine rings is 1. The monoisotopic (exact) mass is 273 g/mol. The van der Waals surface area contributed by atoms with Gasteiger partial charge in [-0.05, 0) is 26.0 Å². The molecule has 4 rings (SSSR count). The Morgan fingerprint density at radius 2 is 1.90 bits per heavy atom. The Bertz CT molecular complexity index is 621. The van der Waals surface area contributed by atoms with E-state index in [2.05, 4.69) is 11.9 Å². The van der Waals surface area contributed by atoms with Gasteiger partial charge in [-0.3, -0.25) is 4.90 Å². The molecule has 0 aliphatic carbocycles. The van der Waals surface area contributed by atoms with E-state index in [9.17, 15) is 5.11 Å². The molecular weight excluding hydrogens is 254 g/mol. The van der Waals surface area contributed by atoms with E-state index in [1.165, 1.54) is 0 Å². The van der Waals surface area contributed by atoms with Crippen LogP contribution in [0, 0.1) is 0 Å². The van der Waals surface area contributed by atoms with E-state index in [0.717, 1.165) is 16.5 Å². The van der Waals surface area contributed by atoms with E-state index in [4.69, 9.17) is 9.15 Å². The Labute approximate surface area is 117 Å². The van der Waals surface area contributed by atoms with Gasteiger partial charge in [0.05, 0.1) is 25.1 Å². The molecule has 0 saturated carbocycles. The van der Waals surface area contributed by atoms with Gasteiger partial charge in [-0.15, -0.1) is 0 Å². The van der Waals surface area contributed by atoms with Crippen LogP contribution in [-0.4, -0.2) is 42.4 Å². The van der Waals surface area contributed by atoms with Crippen LogP contribution >= 0.6 is 0 Å². The largest absolute Gasteiger partial charge is 0.464 e. The molecule has 0 radical (unpaired) electrons. The van der Waals surface area contributed by atoms with Crippen LogP contribution in [0.1, 0.15) is 18.4 Å². The molecule has 2 unspecified atom stereocenters. The quantitative estimate of drug-likeness (QED) is 0.864. The molecule has 1 aromatic heterocycles. The van der Waals surface area contributed by atoms with E-state index in [0.29, 0.717) is 26.1 Å². The van der Waals surface area contributed by atoms with Crippen LogP contribution in [0.3, 0.4) is 0 Å². The average Bonchev–Trinajstić information content (AvgIpc) is 2.85. The van der Waals surface area contributed by atoms with Crippen LogP contribution in [0.5, 0.6) is 0 Å². The van der Waals surface area contributed by atoms with Crippen LogP contribution in [0.4, 0.5) is 0 Å². The lowest BCUT2D eigenvalue weighted by atomic mass is 9.77. The molecule has 4 heteroatoms. The van der Waals surface area contributed by atoms with Crippen molar-refractivity contribution < 1.29 is 14.3 Å². The second-order valence-corrected chi connectivity index (χ2v) is 6.10. The first-order valence-corrected chi connectivity index (χ1v) is 7.16. The van der Waals surface area contributed by atoms with Crippen LogP contribution in [0.15, 0.2) is 34.9 Å². The van der Waals surface area contributed by atoms with Gasteiger partial charge < -0.3 is 14.3 Å². The van der Waals surface area contributed by atoms with Crippen molar-refractivity contribution in [3.8, 4) is 0 Å². The van der Waals surface area contributed by atoms with Crippen LogP contribution in [-0.2, 0) is 10.3 Å². The van der Waals surface area contributed by atoms with Crippen LogP contribution in [0.2, 0.25) is 0 Å². The van der Waals surface area contributed by atoms with Crippen molar-refractivity contribution >= 4 is 11.0 Å². The van der Waals surface area contributed by atoms with E-state index in [-0.39, 0.29) is 12.1 Å². The van der Waals surface area contributed by atoms with Gasteiger partial charge >= 0.3 is 0 Å². The molecule has 106 valence electrons. The van der Waals surface area contributed by atoms with E-state index in [1.807, 2.05) is 24.3 Å². The highest BCUT2D eigenvalue weighted by Crippen LogP contribution is 2.43. The molecule has 2 aromatic rings. The molecule has 2 fully saturated rings. The summed E-state index contributed by atoms with van der Waals surface area (Å²) in [6.45, 7) is 1.40. The van der Waals surface area contributed by atoms with Crippen molar-refractivity contribution in [3.63, 3.8) is 0 Å². The molecule has 2 atom stereocenters. The van der Waals surface area contributed by atoms with Gasteiger partial charge in [0, 0.05) is 23.0 Å². The standard InChI is InChI=1S/C16H19NO3/c1-17-11-6-16(18,7-12(17)9-19-8-11)14-10-20-15-5-3-2-4-13(14)15/h2-5,10-12,18H,6-9H2,1H3. The van der Waals surface area contributed by atoms with Crippen LogP contribution < -0.4 is 0 Å². The number of para-hydroxylation sites is 1. The number of hydrogen-bond donors (Lipinski definition) is 1. The Morgan fingerprint density at radius 1 is 1.20 bits per heavy atom. The number of aliphatic hydroxyl groups is 1. The number of benzene rings is 1. The van der Waals surface area contributed by atoms with Gasteiger partial charge in [0.2, 0.25) is 0 Å². The number of fused-ring (bicyclic) bond motifs is 3. The van der Waals surface area contributed by atoms with Gasteiger partial charge in [-0.2, -0.15) is 0 Å². The molecule has 20 heavy (non-hydrogen) atoms. The topological polar surface area (TPSA) is 45.8 Å². The highest BCUT2D eigenvalue weighted by Gasteiger charge is 2.46. The second kappa shape index (κ2) is 4.32. The Kier molecular flexibility index (Phi) is 2.67. The predicted octanol–water partition coefficient (Wildman–Crippen LogP) is 2.11. The van der Waals surface area contributed by atoms with Gasteiger partial charge in [0.15, 0.2) is 0 Å². The minimum atomic E-state index is -0.807. The molecule has 3 heterocycles. The number of likely N-dealkylation sites (N-methyl/N-ethyl adjacent to an activating group) is 1. The van der Waals surface area contributed by atoms with Crippen molar-refractivity contribution in [1.29, 1.82) is 0 Å². The van der Waals surface area contributed by atoms with E-state index >= 15 is 0 Å². The molecule has 2 aliphatic heterocycles. The highest BCUT2D eigenvalue weighted by atomic mass is 16.5. The summed E-state index contributed by atoms with van der Waals surface area (Å²) in [7, 11) is 2.13. The molecule has 0 amide bonds. The fourth-order valence-electron chi connectivity index (χ4n) is 3.70. The smallest absolute Gasteiger partial charge is 0.134 e. The zero-order valence-electron chi connectivity index (χ0n) is 11.6. The number of piperidine rings is 1. The van der Waals surface area contributed by atoms with Crippen molar-refractivity contribution in [1.82, 2.24) is 4.90 Å². The third kappa shape index (κ3) is 1.72. The predicted molar refractivity (Wildman–Crippen MR) is 75.5 cm³/mol. The van der Waals surface area contributed by atoms with Crippen molar-refractivity contribution in [2.24, 2.45) is 0 Å². The molecule has 1 aromatic carbocycles. The summed E-state index contributed by atoms with van der Waals surface area (Å²) in [5.41, 5.74) is 0.965. The summed E-state index contributed by atoms with van der Waals surface area (Å²) in [4.78, 5) is 2.35. The van der Waals surface area contributed by atoms with Gasteiger partial charge in [-0.1, -0.05) is 18.2 Å². The third-order valence-corrected chi connectivity index (χ3v) is 4.90. The normalized spacial score (nSPS) is 34.5. The van der Waals surface area contributed by atoms with Crippen molar-refractivity contribution in [2.45, 2.75) is 30.5 Å². The zero-order valence-corrected chi connectivity index (χ0v) is 11.6. The molecule has 4 nitrogen and oxygen atoms in total. The first kappa shape index (κ1) is 12.4. The van der Waals surface area contributed by atoms with Gasteiger partial charge in [-0.25, -0.2) is 0 Å². The van der Waals surface area contributed by atoms with Crippen LogP contribution in [0.25, 0.3) is 11.0 Å². The molecule has 0 spiro atoms. The Morgan fingerprint density at radius 3 is 2.65 bits per heavy atom. The molecule has 2 saturated heterocycles. The molecule has 2 bridgehead atoms. The van der Waals surface area contributed by atoms with Crippen molar-refractivity contribution in [3.05, 3.63) is 36.1 Å². The van der Waals surface area contributed by atoms with Crippen molar-refractivity contribution in [2.75, 3.05) is 20.3 Å². The SMILES string of the molecule is CN1C2COCC1CC(O)(c1coc3ccccc13)C2. The minimum Gasteiger partial charge on any atom is -0.464 e. The lowest BCUT2D eigenvalue weighted by Crippen LogP contribution is -2.59. The highest BCUT2D eigenvalue weighted by molar-refractivity contribution is 5.81. The summed E-state index contributed by atoms with van der Waals surface area (Å²) in [5.74, 6) is 0. The zero-order chi connectivity index (χ0) is 13.7. The third-order valence-electron chi connectivity index (χ3n) is 4.90. The summed E-state index contributed by atoms with van der Waals surface area (Å²) >= 11 is 0.